The second-order valence-corrected chi connectivity index (χ2v) is 8.66. The van der Waals surface area contributed by atoms with Gasteiger partial charge < -0.3 is 0 Å². The quantitative estimate of drug-likeness (QED) is 0.484. The number of urea groups is 1. The van der Waals surface area contributed by atoms with E-state index in [1.54, 1.807) is 43.6 Å². The lowest BCUT2D eigenvalue weighted by Gasteiger charge is -2.44. The number of alkyl halides is 3. The molecule has 1 aliphatic carbocycles. The Morgan fingerprint density at radius 1 is 1.06 bits per heavy atom. The molecule has 1 unspecified atom stereocenters. The molecule has 10 heteroatoms. The summed E-state index contributed by atoms with van der Waals surface area (Å²) >= 11 is 0. The fraction of sp³-hybridized carbons (Fsp3) is 0.231. The van der Waals surface area contributed by atoms with Crippen LogP contribution in [-0.2, 0) is 18.0 Å². The Hall–Kier alpha value is -4.39. The molecule has 182 valence electrons. The maximum absolute atomic E-state index is 14.1. The fourth-order valence-electron chi connectivity index (χ4n) is 4.76. The van der Waals surface area contributed by atoms with E-state index in [2.05, 4.69) is 5.10 Å². The summed E-state index contributed by atoms with van der Waals surface area (Å²) in [4.78, 5) is 30.0. The number of halogens is 3. The Bertz CT molecular complexity index is 1430. The highest BCUT2D eigenvalue weighted by molar-refractivity contribution is 6.13. The molecule has 0 saturated heterocycles. The zero-order chi connectivity index (χ0) is 25.6. The second kappa shape index (κ2) is 8.68. The van der Waals surface area contributed by atoms with E-state index in [0.29, 0.717) is 35.2 Å². The molecule has 36 heavy (non-hydrogen) atoms. The first-order valence-electron chi connectivity index (χ1n) is 11.3. The summed E-state index contributed by atoms with van der Waals surface area (Å²) in [5, 5.41) is 13.6. The summed E-state index contributed by atoms with van der Waals surface area (Å²) in [7, 11) is 1.68. The summed E-state index contributed by atoms with van der Waals surface area (Å²) < 4.78 is 42.0. The zero-order valence-corrected chi connectivity index (χ0v) is 19.2. The lowest BCUT2D eigenvalue weighted by Crippen LogP contribution is -2.52. The van der Waals surface area contributed by atoms with E-state index < -0.39 is 23.8 Å². The molecule has 2 amide bonds. The van der Waals surface area contributed by atoms with Crippen molar-refractivity contribution in [2.45, 2.75) is 31.5 Å². The number of amides is 2. The minimum Gasteiger partial charge on any atom is -0.294 e. The Labute approximate surface area is 204 Å². The third-order valence-electron chi connectivity index (χ3n) is 6.36. The maximum atomic E-state index is 14.1. The van der Waals surface area contributed by atoms with Crippen molar-refractivity contribution in [3.8, 4) is 6.07 Å². The molecule has 0 bridgehead atoms. The van der Waals surface area contributed by atoms with Crippen LogP contribution in [0.25, 0.3) is 0 Å². The van der Waals surface area contributed by atoms with Crippen molar-refractivity contribution < 1.29 is 22.8 Å². The number of rotatable bonds is 3. The van der Waals surface area contributed by atoms with Crippen LogP contribution in [0.15, 0.2) is 72.1 Å². The van der Waals surface area contributed by atoms with Gasteiger partial charge in [-0.1, -0.05) is 18.2 Å². The van der Waals surface area contributed by atoms with Crippen LogP contribution in [0.2, 0.25) is 0 Å². The lowest BCUT2D eigenvalue weighted by atomic mass is 9.83. The Morgan fingerprint density at radius 2 is 1.81 bits per heavy atom. The molecule has 2 aromatic carbocycles. The monoisotopic (exact) mass is 491 g/mol. The van der Waals surface area contributed by atoms with Crippen molar-refractivity contribution in [1.29, 1.82) is 5.26 Å². The number of benzene rings is 2. The highest BCUT2D eigenvalue weighted by atomic mass is 19.4. The van der Waals surface area contributed by atoms with Crippen LogP contribution in [0.5, 0.6) is 0 Å². The molecule has 7 nitrogen and oxygen atoms in total. The van der Waals surface area contributed by atoms with E-state index in [4.69, 9.17) is 0 Å². The third kappa shape index (κ3) is 3.92. The van der Waals surface area contributed by atoms with Gasteiger partial charge in [0.25, 0.3) is 0 Å². The maximum Gasteiger partial charge on any atom is 0.416 e. The summed E-state index contributed by atoms with van der Waals surface area (Å²) in [6.45, 7) is 0. The van der Waals surface area contributed by atoms with Gasteiger partial charge in [-0.3, -0.25) is 19.3 Å². The van der Waals surface area contributed by atoms with Crippen LogP contribution in [0.4, 0.5) is 29.5 Å². The molecule has 1 atom stereocenters. The zero-order valence-electron chi connectivity index (χ0n) is 19.2. The van der Waals surface area contributed by atoms with Crippen LogP contribution < -0.4 is 9.80 Å². The Kier molecular flexibility index (Phi) is 5.63. The number of aryl methyl sites for hydroxylation is 1. The van der Waals surface area contributed by atoms with Crippen molar-refractivity contribution in [2.24, 2.45) is 7.05 Å². The molecule has 1 aromatic heterocycles. The van der Waals surface area contributed by atoms with Crippen LogP contribution in [0, 0.1) is 11.3 Å². The standard InChI is InChI=1S/C26H20F3N5O2/c1-32-13-12-22(31-32)34-24(17-10-8-16(15-30)9-11-17)23-20(6-3-7-21(23)35)33(25(34)36)19-5-2-4-18(14-19)26(27,28)29/h2,4-5,8-14,24H,3,6-7H2,1H3. The van der Waals surface area contributed by atoms with Gasteiger partial charge in [0, 0.05) is 37.0 Å². The van der Waals surface area contributed by atoms with Gasteiger partial charge in [-0.15, -0.1) is 0 Å². The molecule has 0 fully saturated rings. The van der Waals surface area contributed by atoms with Gasteiger partial charge in [0.2, 0.25) is 0 Å². The number of allylic oxidation sites excluding steroid dienone is 1. The van der Waals surface area contributed by atoms with E-state index in [9.17, 15) is 28.0 Å². The number of carbonyl (C=O) groups is 2. The van der Waals surface area contributed by atoms with Gasteiger partial charge >= 0.3 is 12.2 Å². The normalized spacial score (nSPS) is 18.4. The predicted octanol–water partition coefficient (Wildman–Crippen LogP) is 5.51. The predicted molar refractivity (Wildman–Crippen MR) is 125 cm³/mol. The number of aromatic nitrogens is 2. The van der Waals surface area contributed by atoms with Crippen LogP contribution in [0.3, 0.4) is 0 Å². The van der Waals surface area contributed by atoms with Gasteiger partial charge in [0.1, 0.15) is 0 Å². The minimum absolute atomic E-state index is 0.0243. The van der Waals surface area contributed by atoms with E-state index in [1.165, 1.54) is 26.6 Å². The summed E-state index contributed by atoms with van der Waals surface area (Å²) in [5.74, 6) is 0.0646. The first kappa shape index (κ1) is 23.4. The average molecular weight is 491 g/mol. The van der Waals surface area contributed by atoms with Gasteiger partial charge in [0.15, 0.2) is 11.6 Å². The number of hydrogen-bond donors (Lipinski definition) is 0. The molecule has 0 N–H and O–H groups in total. The highest BCUT2D eigenvalue weighted by Gasteiger charge is 2.46. The van der Waals surface area contributed by atoms with Crippen molar-refractivity contribution >= 4 is 23.3 Å². The summed E-state index contributed by atoms with van der Waals surface area (Å²) in [6, 6.07) is 13.3. The number of carbonyl (C=O) groups excluding carboxylic acids is 2. The van der Waals surface area contributed by atoms with Crippen LogP contribution in [-0.4, -0.2) is 21.6 Å². The molecule has 2 heterocycles. The molecular formula is C26H20F3N5O2. The van der Waals surface area contributed by atoms with Crippen molar-refractivity contribution in [3.05, 3.63) is 88.8 Å². The number of hydrogen-bond acceptors (Lipinski definition) is 4. The summed E-state index contributed by atoms with van der Waals surface area (Å²) in [6.07, 6.45) is -1.87. The van der Waals surface area contributed by atoms with Gasteiger partial charge in [-0.2, -0.15) is 23.5 Å². The van der Waals surface area contributed by atoms with Crippen molar-refractivity contribution in [3.63, 3.8) is 0 Å². The van der Waals surface area contributed by atoms with E-state index in [1.807, 2.05) is 6.07 Å². The lowest BCUT2D eigenvalue weighted by molar-refractivity contribution is -0.137. The van der Waals surface area contributed by atoms with Gasteiger partial charge in [-0.25, -0.2) is 4.79 Å². The third-order valence-corrected chi connectivity index (χ3v) is 6.36. The van der Waals surface area contributed by atoms with Gasteiger partial charge in [0.05, 0.1) is 28.9 Å². The number of nitriles is 1. The second-order valence-electron chi connectivity index (χ2n) is 8.66. The summed E-state index contributed by atoms with van der Waals surface area (Å²) in [5.41, 5.74) is 0.872. The number of nitrogens with zero attached hydrogens (tertiary/aromatic N) is 5. The SMILES string of the molecule is Cn1ccc(N2C(=O)N(c3cccc(C(F)(F)F)c3)C3=C(C(=O)CCC3)C2c2ccc(C#N)cc2)n1. The smallest absolute Gasteiger partial charge is 0.294 e. The van der Waals surface area contributed by atoms with E-state index >= 15 is 0 Å². The molecule has 2 aliphatic rings. The Balaban J connectivity index is 1.76. The molecule has 0 saturated carbocycles. The van der Waals surface area contributed by atoms with E-state index in [-0.39, 0.29) is 23.7 Å². The molecule has 1 aliphatic heterocycles. The fourth-order valence-corrected chi connectivity index (χ4v) is 4.76. The number of ketones is 1. The molecule has 0 radical (unpaired) electrons. The minimum atomic E-state index is -4.60. The number of Topliss-reactive ketones (excluding diaryl/α,β-unsaturated/α-hetero) is 1. The number of anilines is 2. The molecule has 0 spiro atoms. The van der Waals surface area contributed by atoms with Crippen molar-refractivity contribution in [1.82, 2.24) is 9.78 Å². The van der Waals surface area contributed by atoms with Crippen molar-refractivity contribution in [2.75, 3.05) is 9.80 Å². The topological polar surface area (TPSA) is 82.2 Å². The Morgan fingerprint density at radius 3 is 2.44 bits per heavy atom. The first-order chi connectivity index (χ1) is 17.2. The largest absolute Gasteiger partial charge is 0.416 e. The molecule has 3 aromatic rings. The van der Waals surface area contributed by atoms with Crippen LogP contribution in [0.1, 0.15) is 42.0 Å². The highest BCUT2D eigenvalue weighted by Crippen LogP contribution is 2.46. The first-order valence-corrected chi connectivity index (χ1v) is 11.3. The average Bonchev–Trinajstić information content (AvgIpc) is 3.28. The molecular weight excluding hydrogens is 471 g/mol. The molecule has 5 rings (SSSR count). The van der Waals surface area contributed by atoms with E-state index in [0.717, 1.165) is 12.1 Å². The van der Waals surface area contributed by atoms with Gasteiger partial charge in [-0.05, 0) is 48.7 Å². The van der Waals surface area contributed by atoms with Crippen LogP contribution >= 0.6 is 0 Å².